The molecule has 3 aromatic rings. The van der Waals surface area contributed by atoms with Crippen molar-refractivity contribution in [2.45, 2.75) is 4.87 Å². The second kappa shape index (κ2) is 8.70. The van der Waals surface area contributed by atoms with E-state index in [0.717, 1.165) is 0 Å². The van der Waals surface area contributed by atoms with Crippen LogP contribution in [0.25, 0.3) is 0 Å². The molecule has 1 atom stereocenters. The number of thioether (sulfide) groups is 1. The number of benzene rings is 3. The molecular weight excluding hydrogens is 474 g/mol. The van der Waals surface area contributed by atoms with Gasteiger partial charge in [0.25, 0.3) is 5.91 Å². The number of carbonyl (C=O) groups excluding carboxylic acids is 3. The van der Waals surface area contributed by atoms with Crippen molar-refractivity contribution in [2.75, 3.05) is 34.5 Å². The molecule has 1 fully saturated rings. The predicted molar refractivity (Wildman–Crippen MR) is 133 cm³/mol. The van der Waals surface area contributed by atoms with E-state index in [1.165, 1.54) is 21.6 Å². The van der Waals surface area contributed by atoms with Crippen LogP contribution in [0.1, 0.15) is 5.56 Å². The third-order valence-electron chi connectivity index (χ3n) is 5.80. The van der Waals surface area contributed by atoms with Crippen LogP contribution in [0.3, 0.4) is 0 Å². The molecule has 0 bridgehead atoms. The number of methoxy groups -OCH3 is 1. The number of amides is 3. The minimum absolute atomic E-state index is 0.147. The Labute approximate surface area is 205 Å². The van der Waals surface area contributed by atoms with Crippen LogP contribution in [0.2, 0.25) is 5.02 Å². The van der Waals surface area contributed by atoms with Crippen molar-refractivity contribution in [3.63, 3.8) is 0 Å². The number of rotatable bonds is 5. The summed E-state index contributed by atoms with van der Waals surface area (Å²) >= 11 is 7.28. The van der Waals surface area contributed by atoms with Crippen LogP contribution in [0, 0.1) is 0 Å². The first-order valence-electron chi connectivity index (χ1n) is 10.5. The van der Waals surface area contributed by atoms with Crippen LogP contribution >= 0.6 is 23.4 Å². The molecule has 3 amide bonds. The van der Waals surface area contributed by atoms with Gasteiger partial charge in [0.2, 0.25) is 16.7 Å². The molecule has 1 N–H and O–H groups in total. The van der Waals surface area contributed by atoms with Gasteiger partial charge in [0, 0.05) is 22.0 Å². The average molecular weight is 494 g/mol. The number of nitrogens with zero attached hydrogens (tertiary/aromatic N) is 2. The minimum Gasteiger partial charge on any atom is -0.497 e. The van der Waals surface area contributed by atoms with Crippen molar-refractivity contribution >= 4 is 58.1 Å². The highest BCUT2D eigenvalue weighted by Gasteiger charge is 2.61. The monoisotopic (exact) mass is 493 g/mol. The van der Waals surface area contributed by atoms with E-state index in [2.05, 4.69) is 5.32 Å². The van der Waals surface area contributed by atoms with E-state index in [-0.39, 0.29) is 30.0 Å². The molecule has 7 nitrogen and oxygen atoms in total. The van der Waals surface area contributed by atoms with Crippen molar-refractivity contribution in [3.8, 4) is 5.75 Å². The molecule has 2 aliphatic heterocycles. The first kappa shape index (κ1) is 22.3. The lowest BCUT2D eigenvalue weighted by Gasteiger charge is -2.33. The van der Waals surface area contributed by atoms with Crippen LogP contribution in [-0.4, -0.2) is 37.1 Å². The smallest absolute Gasteiger partial charge is 0.269 e. The fraction of sp³-hybridized carbons (Fsp3) is 0.160. The maximum Gasteiger partial charge on any atom is 0.269 e. The standard InChI is InChI=1S/C25H20ClN3O4S/c1-33-19-11-9-18(10-12-19)29-23(31)15-34-25(29)20-7-2-3-8-21(20)28(24(25)32)14-22(30)27-17-6-4-5-16(26)13-17/h2-13H,14-15H2,1H3,(H,27,30). The highest BCUT2D eigenvalue weighted by Crippen LogP contribution is 2.55. The quantitative estimate of drug-likeness (QED) is 0.574. The molecule has 0 radical (unpaired) electrons. The van der Waals surface area contributed by atoms with Gasteiger partial charge in [0.15, 0.2) is 0 Å². The van der Waals surface area contributed by atoms with Crippen molar-refractivity contribution in [1.82, 2.24) is 0 Å². The molecule has 0 saturated carbocycles. The molecule has 2 aliphatic rings. The van der Waals surface area contributed by atoms with Crippen LogP contribution in [0.4, 0.5) is 17.1 Å². The Kier molecular flexibility index (Phi) is 5.71. The largest absolute Gasteiger partial charge is 0.497 e. The number of hydrogen-bond donors (Lipinski definition) is 1. The molecule has 3 aromatic carbocycles. The predicted octanol–water partition coefficient (Wildman–Crippen LogP) is 4.27. The third kappa shape index (κ3) is 3.59. The van der Waals surface area contributed by atoms with E-state index in [4.69, 9.17) is 16.3 Å². The molecule has 1 spiro atoms. The summed E-state index contributed by atoms with van der Waals surface area (Å²) < 4.78 is 5.23. The normalized spacial score (nSPS) is 19.0. The molecule has 9 heteroatoms. The fourth-order valence-electron chi connectivity index (χ4n) is 4.35. The summed E-state index contributed by atoms with van der Waals surface area (Å²) in [5.41, 5.74) is 2.42. The Balaban J connectivity index is 1.50. The number of hydrogen-bond acceptors (Lipinski definition) is 5. The number of anilines is 3. The zero-order valence-electron chi connectivity index (χ0n) is 18.2. The van der Waals surface area contributed by atoms with E-state index < -0.39 is 4.87 Å². The molecule has 34 heavy (non-hydrogen) atoms. The molecule has 1 saturated heterocycles. The number of halogens is 1. The fourth-order valence-corrected chi connectivity index (χ4v) is 5.90. The van der Waals surface area contributed by atoms with Gasteiger partial charge in [-0.15, -0.1) is 11.8 Å². The number of fused-ring (bicyclic) bond motifs is 2. The summed E-state index contributed by atoms with van der Waals surface area (Å²) in [7, 11) is 1.57. The Morgan fingerprint density at radius 3 is 2.59 bits per heavy atom. The second-order valence-corrected chi connectivity index (χ2v) is 9.43. The minimum atomic E-state index is -1.28. The van der Waals surface area contributed by atoms with Gasteiger partial charge in [-0.2, -0.15) is 0 Å². The summed E-state index contributed by atoms with van der Waals surface area (Å²) in [6.45, 7) is -0.199. The summed E-state index contributed by atoms with van der Waals surface area (Å²) in [5.74, 6) is -0.0817. The van der Waals surface area contributed by atoms with Crippen LogP contribution in [0.5, 0.6) is 5.75 Å². The lowest BCUT2D eigenvalue weighted by Crippen LogP contribution is -2.50. The Morgan fingerprint density at radius 2 is 1.85 bits per heavy atom. The van der Waals surface area contributed by atoms with Crippen molar-refractivity contribution in [3.05, 3.63) is 83.4 Å². The van der Waals surface area contributed by atoms with Gasteiger partial charge in [-0.05, 0) is 48.5 Å². The van der Waals surface area contributed by atoms with E-state index in [9.17, 15) is 14.4 Å². The number of ether oxygens (including phenoxy) is 1. The van der Waals surface area contributed by atoms with E-state index in [0.29, 0.717) is 33.4 Å². The Morgan fingerprint density at radius 1 is 1.09 bits per heavy atom. The SMILES string of the molecule is COc1ccc(N2C(=O)CSC23C(=O)N(CC(=O)Nc2cccc(Cl)c2)c2ccccc23)cc1. The van der Waals surface area contributed by atoms with Crippen LogP contribution < -0.4 is 19.9 Å². The van der Waals surface area contributed by atoms with Crippen molar-refractivity contribution < 1.29 is 19.1 Å². The molecule has 5 rings (SSSR count). The number of nitrogens with one attached hydrogen (secondary N) is 1. The third-order valence-corrected chi connectivity index (χ3v) is 7.43. The molecule has 2 heterocycles. The van der Waals surface area contributed by atoms with Crippen LogP contribution in [0.15, 0.2) is 72.8 Å². The summed E-state index contributed by atoms with van der Waals surface area (Å²) in [4.78, 5) is 41.6. The van der Waals surface area contributed by atoms with Gasteiger partial charge < -0.3 is 10.1 Å². The molecule has 1 unspecified atom stereocenters. The summed E-state index contributed by atoms with van der Waals surface area (Å²) in [5, 5.41) is 3.28. The highest BCUT2D eigenvalue weighted by molar-refractivity contribution is 8.02. The molecule has 0 aromatic heterocycles. The zero-order chi connectivity index (χ0) is 23.9. The van der Waals surface area contributed by atoms with E-state index in [1.807, 2.05) is 18.2 Å². The molecule has 0 aliphatic carbocycles. The van der Waals surface area contributed by atoms with E-state index >= 15 is 0 Å². The number of carbonyl (C=O) groups is 3. The molecular formula is C25H20ClN3O4S. The van der Waals surface area contributed by atoms with E-state index in [1.54, 1.807) is 61.7 Å². The number of para-hydroxylation sites is 1. The summed E-state index contributed by atoms with van der Waals surface area (Å²) in [6, 6.07) is 21.1. The van der Waals surface area contributed by atoms with Gasteiger partial charge in [-0.3, -0.25) is 24.2 Å². The Bertz CT molecular complexity index is 1300. The Hall–Kier alpha value is -3.49. The van der Waals surface area contributed by atoms with Crippen LogP contribution in [-0.2, 0) is 19.3 Å². The van der Waals surface area contributed by atoms with Gasteiger partial charge >= 0.3 is 0 Å². The summed E-state index contributed by atoms with van der Waals surface area (Å²) in [6.07, 6.45) is 0. The van der Waals surface area contributed by atoms with Crippen molar-refractivity contribution in [1.29, 1.82) is 0 Å². The van der Waals surface area contributed by atoms with Gasteiger partial charge in [0.1, 0.15) is 12.3 Å². The van der Waals surface area contributed by atoms with Gasteiger partial charge in [-0.25, -0.2) is 0 Å². The average Bonchev–Trinajstić information content (AvgIpc) is 3.30. The van der Waals surface area contributed by atoms with Gasteiger partial charge in [0.05, 0.1) is 18.6 Å². The highest BCUT2D eigenvalue weighted by atomic mass is 35.5. The maximum absolute atomic E-state index is 14.0. The van der Waals surface area contributed by atoms with Crippen molar-refractivity contribution in [2.24, 2.45) is 0 Å². The maximum atomic E-state index is 14.0. The topological polar surface area (TPSA) is 79.0 Å². The molecule has 172 valence electrons. The lowest BCUT2D eigenvalue weighted by molar-refractivity contribution is -0.124. The van der Waals surface area contributed by atoms with Gasteiger partial charge in [-0.1, -0.05) is 35.9 Å². The lowest BCUT2D eigenvalue weighted by atomic mass is 10.0. The zero-order valence-corrected chi connectivity index (χ0v) is 19.7. The second-order valence-electron chi connectivity index (χ2n) is 7.83. The first-order valence-corrected chi connectivity index (χ1v) is 11.9. The first-order chi connectivity index (χ1) is 16.4.